The van der Waals surface area contributed by atoms with Gasteiger partial charge in [-0.1, -0.05) is 12.1 Å². The van der Waals surface area contributed by atoms with E-state index in [2.05, 4.69) is 4.99 Å². The predicted molar refractivity (Wildman–Crippen MR) is 65.6 cm³/mol. The molecule has 6 heteroatoms. The molecule has 5 nitrogen and oxygen atoms in total. The van der Waals surface area contributed by atoms with Gasteiger partial charge in [0.05, 0.1) is 10.5 Å². The van der Waals surface area contributed by atoms with Crippen molar-refractivity contribution in [3.63, 3.8) is 0 Å². The van der Waals surface area contributed by atoms with Crippen LogP contribution in [0.5, 0.6) is 0 Å². The smallest absolute Gasteiger partial charge is 0.335 e. The van der Waals surface area contributed by atoms with Gasteiger partial charge in [0.1, 0.15) is 0 Å². The van der Waals surface area contributed by atoms with Gasteiger partial charge in [-0.05, 0) is 35.5 Å². The first-order valence-electron chi connectivity index (χ1n) is 4.67. The fourth-order valence-electron chi connectivity index (χ4n) is 1.34. The SMILES string of the molecule is NC1=NC(=O)/C(=C/c2cccc(C(=O)O)c2)S1. The molecule has 86 valence electrons. The fraction of sp³-hybridized carbons (Fsp3) is 0. The second kappa shape index (κ2) is 4.42. The van der Waals surface area contributed by atoms with Gasteiger partial charge in [-0.3, -0.25) is 4.79 Å². The van der Waals surface area contributed by atoms with Gasteiger partial charge in [-0.2, -0.15) is 4.99 Å². The van der Waals surface area contributed by atoms with Gasteiger partial charge in [0.15, 0.2) is 5.17 Å². The number of hydrogen-bond donors (Lipinski definition) is 2. The first-order chi connectivity index (χ1) is 8.06. The molecule has 0 bridgehead atoms. The minimum absolute atomic E-state index is 0.170. The maximum Gasteiger partial charge on any atom is 0.335 e. The van der Waals surface area contributed by atoms with Crippen LogP contribution < -0.4 is 5.73 Å². The van der Waals surface area contributed by atoms with Crippen molar-refractivity contribution < 1.29 is 14.7 Å². The molecule has 0 saturated heterocycles. The van der Waals surface area contributed by atoms with E-state index in [1.54, 1.807) is 18.2 Å². The second-order valence-corrected chi connectivity index (χ2v) is 4.36. The van der Waals surface area contributed by atoms with Crippen LogP contribution in [0.4, 0.5) is 0 Å². The average molecular weight is 248 g/mol. The molecule has 1 aliphatic heterocycles. The van der Waals surface area contributed by atoms with Gasteiger partial charge in [0, 0.05) is 0 Å². The van der Waals surface area contributed by atoms with Crippen molar-refractivity contribution in [2.24, 2.45) is 10.7 Å². The van der Waals surface area contributed by atoms with Crippen LogP contribution in [0.25, 0.3) is 6.08 Å². The van der Waals surface area contributed by atoms with Crippen molar-refractivity contribution in [3.8, 4) is 0 Å². The first-order valence-corrected chi connectivity index (χ1v) is 5.49. The quantitative estimate of drug-likeness (QED) is 0.770. The van der Waals surface area contributed by atoms with Crippen molar-refractivity contribution in [3.05, 3.63) is 40.3 Å². The van der Waals surface area contributed by atoms with Gasteiger partial charge in [-0.25, -0.2) is 4.79 Å². The molecular formula is C11H8N2O3S. The fourth-order valence-corrected chi connectivity index (χ4v) is 2.02. The van der Waals surface area contributed by atoms with E-state index in [1.807, 2.05) is 0 Å². The second-order valence-electron chi connectivity index (χ2n) is 3.30. The lowest BCUT2D eigenvalue weighted by molar-refractivity contribution is -0.113. The lowest BCUT2D eigenvalue weighted by atomic mass is 10.1. The molecule has 1 heterocycles. The highest BCUT2D eigenvalue weighted by atomic mass is 32.2. The van der Waals surface area contributed by atoms with Crippen molar-refractivity contribution in [1.82, 2.24) is 0 Å². The zero-order valence-corrected chi connectivity index (χ0v) is 9.40. The van der Waals surface area contributed by atoms with Crippen molar-refractivity contribution in [1.29, 1.82) is 0 Å². The molecule has 0 aliphatic carbocycles. The summed E-state index contributed by atoms with van der Waals surface area (Å²) in [6, 6.07) is 6.29. The van der Waals surface area contributed by atoms with Crippen molar-refractivity contribution >= 4 is 34.9 Å². The van der Waals surface area contributed by atoms with Gasteiger partial charge >= 0.3 is 5.97 Å². The van der Waals surface area contributed by atoms with Crippen LogP contribution in [0.2, 0.25) is 0 Å². The highest BCUT2D eigenvalue weighted by Gasteiger charge is 2.19. The number of hydrogen-bond acceptors (Lipinski definition) is 4. The molecule has 0 atom stereocenters. The van der Waals surface area contributed by atoms with E-state index < -0.39 is 11.9 Å². The van der Waals surface area contributed by atoms with E-state index in [4.69, 9.17) is 10.8 Å². The highest BCUT2D eigenvalue weighted by Crippen LogP contribution is 2.26. The Balaban J connectivity index is 2.31. The van der Waals surface area contributed by atoms with Gasteiger partial charge in [0.2, 0.25) is 0 Å². The summed E-state index contributed by atoms with van der Waals surface area (Å²) in [5.74, 6) is -1.40. The summed E-state index contributed by atoms with van der Waals surface area (Å²) in [4.78, 5) is 26.1. The lowest BCUT2D eigenvalue weighted by Gasteiger charge is -1.98. The maximum atomic E-state index is 11.3. The van der Waals surface area contributed by atoms with Gasteiger partial charge < -0.3 is 10.8 Å². The van der Waals surface area contributed by atoms with Crippen LogP contribution in [-0.2, 0) is 4.79 Å². The molecule has 0 fully saturated rings. The van der Waals surface area contributed by atoms with E-state index in [9.17, 15) is 9.59 Å². The summed E-state index contributed by atoms with van der Waals surface area (Å²) in [5, 5.41) is 9.03. The molecule has 0 aromatic heterocycles. The third-order valence-corrected chi connectivity index (χ3v) is 2.88. The standard InChI is InChI=1S/C11H8N2O3S/c12-11-13-9(14)8(17-11)5-6-2-1-3-7(4-6)10(15)16/h1-5H,(H,15,16)(H2,12,13,14)/b8-5-. The van der Waals surface area contributed by atoms with Crippen LogP contribution in [0.15, 0.2) is 34.2 Å². The molecule has 0 saturated carbocycles. The number of carbonyl (C=O) groups is 2. The molecule has 1 aromatic rings. The number of nitrogens with zero attached hydrogens (tertiary/aromatic N) is 1. The Morgan fingerprint density at radius 3 is 2.82 bits per heavy atom. The number of nitrogens with two attached hydrogens (primary N) is 1. The van der Waals surface area contributed by atoms with E-state index in [-0.39, 0.29) is 10.7 Å². The minimum Gasteiger partial charge on any atom is -0.478 e. The lowest BCUT2D eigenvalue weighted by Crippen LogP contribution is -2.01. The zero-order chi connectivity index (χ0) is 12.4. The normalized spacial score (nSPS) is 17.3. The van der Waals surface area contributed by atoms with E-state index in [0.717, 1.165) is 11.8 Å². The molecule has 0 spiro atoms. The van der Waals surface area contributed by atoms with Crippen LogP contribution in [0.3, 0.4) is 0 Å². The number of amidine groups is 1. The number of carboxylic acids is 1. The van der Waals surface area contributed by atoms with Gasteiger partial charge in [-0.15, -0.1) is 0 Å². The Kier molecular flexibility index (Phi) is 2.97. The molecule has 1 aliphatic rings. The van der Waals surface area contributed by atoms with Crippen LogP contribution in [-0.4, -0.2) is 22.2 Å². The third-order valence-electron chi connectivity index (χ3n) is 2.07. The summed E-state index contributed by atoms with van der Waals surface area (Å²) in [6.45, 7) is 0. The number of rotatable bonds is 2. The monoisotopic (exact) mass is 248 g/mol. The Morgan fingerprint density at radius 2 is 2.24 bits per heavy atom. The average Bonchev–Trinajstić information content (AvgIpc) is 2.58. The third kappa shape index (κ3) is 2.54. The number of benzene rings is 1. The molecule has 17 heavy (non-hydrogen) atoms. The number of amides is 1. The van der Waals surface area contributed by atoms with Crippen LogP contribution >= 0.6 is 11.8 Å². The molecule has 1 amide bonds. The molecule has 3 N–H and O–H groups in total. The molecule has 0 radical (unpaired) electrons. The Bertz CT molecular complexity index is 564. The number of carboxylic acid groups (broad SMARTS) is 1. The number of aromatic carboxylic acids is 1. The largest absolute Gasteiger partial charge is 0.478 e. The molecule has 1 aromatic carbocycles. The summed E-state index contributed by atoms with van der Waals surface area (Å²) in [5.41, 5.74) is 6.20. The predicted octanol–water partition coefficient (Wildman–Crippen LogP) is 1.31. The summed E-state index contributed by atoms with van der Waals surface area (Å²) in [7, 11) is 0. The molecule has 2 rings (SSSR count). The Hall–Kier alpha value is -2.08. The minimum atomic E-state index is -1.01. The summed E-state index contributed by atoms with van der Waals surface area (Å²) < 4.78 is 0. The summed E-state index contributed by atoms with van der Waals surface area (Å²) in [6.07, 6.45) is 1.57. The first kappa shape index (κ1) is 11.4. The molecular weight excluding hydrogens is 240 g/mol. The number of carbonyl (C=O) groups excluding carboxylic acids is 1. The highest BCUT2D eigenvalue weighted by molar-refractivity contribution is 8.18. The van der Waals surface area contributed by atoms with Crippen molar-refractivity contribution in [2.75, 3.05) is 0 Å². The van der Waals surface area contributed by atoms with Gasteiger partial charge in [0.25, 0.3) is 5.91 Å². The maximum absolute atomic E-state index is 11.3. The Labute approximate surface area is 101 Å². The van der Waals surface area contributed by atoms with Crippen LogP contribution in [0, 0.1) is 0 Å². The van der Waals surface area contributed by atoms with E-state index in [1.165, 1.54) is 12.1 Å². The van der Waals surface area contributed by atoms with Crippen LogP contribution in [0.1, 0.15) is 15.9 Å². The van der Waals surface area contributed by atoms with E-state index in [0.29, 0.717) is 10.5 Å². The van der Waals surface area contributed by atoms with E-state index >= 15 is 0 Å². The molecule has 0 unspecified atom stereocenters. The number of aliphatic imine (C=N–C) groups is 1. The topological polar surface area (TPSA) is 92.8 Å². The Morgan fingerprint density at radius 1 is 1.47 bits per heavy atom. The summed E-state index contributed by atoms with van der Waals surface area (Å²) >= 11 is 1.07. The zero-order valence-electron chi connectivity index (χ0n) is 8.58. The number of thioether (sulfide) groups is 1. The van der Waals surface area contributed by atoms with Crippen molar-refractivity contribution in [2.45, 2.75) is 0 Å².